The molecule has 1 saturated heterocycles. The topological polar surface area (TPSA) is 21.3 Å². The van der Waals surface area contributed by atoms with Crippen molar-refractivity contribution in [1.29, 1.82) is 0 Å². The van der Waals surface area contributed by atoms with Gasteiger partial charge < -0.3 is 10.1 Å². The maximum absolute atomic E-state index is 11.9. The van der Waals surface area contributed by atoms with E-state index < -0.39 is 12.3 Å². The van der Waals surface area contributed by atoms with Gasteiger partial charge in [-0.15, -0.1) is 0 Å². The minimum absolute atomic E-state index is 0.131. The zero-order valence-electron chi connectivity index (χ0n) is 6.11. The van der Waals surface area contributed by atoms with Gasteiger partial charge in [0.05, 0.1) is 6.10 Å². The Labute approximate surface area is 62.7 Å². The third-order valence-electron chi connectivity index (χ3n) is 1.52. The van der Waals surface area contributed by atoms with Crippen LogP contribution < -0.4 is 5.32 Å². The monoisotopic (exact) mass is 169 g/mol. The highest BCUT2D eigenvalue weighted by Gasteiger charge is 2.42. The van der Waals surface area contributed by atoms with E-state index in [9.17, 15) is 13.2 Å². The Morgan fingerprint density at radius 2 is 2.00 bits per heavy atom. The molecule has 11 heavy (non-hydrogen) atoms. The molecule has 0 aromatic heterocycles. The predicted octanol–water partition coefficient (Wildman–Crippen LogP) is 0.926. The van der Waals surface area contributed by atoms with Crippen molar-refractivity contribution in [2.24, 2.45) is 0 Å². The largest absolute Gasteiger partial charge is 0.415 e. The van der Waals surface area contributed by atoms with Crippen molar-refractivity contribution in [2.75, 3.05) is 13.1 Å². The zero-order chi connectivity index (χ0) is 8.48. The third-order valence-corrected chi connectivity index (χ3v) is 1.52. The van der Waals surface area contributed by atoms with Crippen molar-refractivity contribution in [3.8, 4) is 0 Å². The van der Waals surface area contributed by atoms with Gasteiger partial charge in [0.25, 0.3) is 0 Å². The summed E-state index contributed by atoms with van der Waals surface area (Å²) in [6.07, 6.45) is -6.22. The van der Waals surface area contributed by atoms with Crippen LogP contribution in [0.4, 0.5) is 13.2 Å². The van der Waals surface area contributed by atoms with Crippen LogP contribution in [0, 0.1) is 0 Å². The van der Waals surface area contributed by atoms with Crippen LogP contribution in [0.15, 0.2) is 0 Å². The van der Waals surface area contributed by atoms with Crippen LogP contribution in [-0.4, -0.2) is 31.5 Å². The molecule has 1 N–H and O–H groups in total. The second kappa shape index (κ2) is 2.98. The molecular formula is C6H10F3NO. The summed E-state index contributed by atoms with van der Waals surface area (Å²) in [5.74, 6) is 0. The number of ether oxygens (including phenoxy) is 1. The van der Waals surface area contributed by atoms with Crippen LogP contribution in [0.25, 0.3) is 0 Å². The second-order valence-electron chi connectivity index (χ2n) is 2.64. The molecule has 0 amide bonds. The van der Waals surface area contributed by atoms with E-state index in [0.717, 1.165) is 0 Å². The van der Waals surface area contributed by atoms with Crippen molar-refractivity contribution in [3.63, 3.8) is 0 Å². The number of alkyl halides is 3. The smallest absolute Gasteiger partial charge is 0.363 e. The molecule has 0 saturated carbocycles. The van der Waals surface area contributed by atoms with Gasteiger partial charge in [0, 0.05) is 13.1 Å². The van der Waals surface area contributed by atoms with Crippen molar-refractivity contribution >= 4 is 0 Å². The summed E-state index contributed by atoms with van der Waals surface area (Å²) < 4.78 is 40.5. The van der Waals surface area contributed by atoms with Gasteiger partial charge in [-0.25, -0.2) is 0 Å². The number of hydrogen-bond acceptors (Lipinski definition) is 2. The molecular weight excluding hydrogens is 159 g/mol. The average molecular weight is 169 g/mol. The van der Waals surface area contributed by atoms with Crippen LogP contribution >= 0.6 is 0 Å². The predicted molar refractivity (Wildman–Crippen MR) is 33.3 cm³/mol. The summed E-state index contributed by atoms with van der Waals surface area (Å²) in [5, 5.41) is 2.65. The Kier molecular flexibility index (Phi) is 2.39. The van der Waals surface area contributed by atoms with Gasteiger partial charge in [0.1, 0.15) is 0 Å². The number of halogens is 3. The lowest BCUT2D eigenvalue weighted by Crippen LogP contribution is -2.50. The molecule has 0 aliphatic carbocycles. The van der Waals surface area contributed by atoms with Crippen molar-refractivity contribution in [1.82, 2.24) is 5.32 Å². The van der Waals surface area contributed by atoms with Crippen LogP contribution in [0.1, 0.15) is 6.92 Å². The second-order valence-corrected chi connectivity index (χ2v) is 2.64. The zero-order valence-corrected chi connectivity index (χ0v) is 6.11. The van der Waals surface area contributed by atoms with Gasteiger partial charge in [-0.05, 0) is 6.92 Å². The highest BCUT2D eigenvalue weighted by molar-refractivity contribution is 4.77. The molecule has 1 heterocycles. The molecule has 2 nitrogen and oxygen atoms in total. The van der Waals surface area contributed by atoms with Crippen LogP contribution in [-0.2, 0) is 4.74 Å². The van der Waals surface area contributed by atoms with Gasteiger partial charge >= 0.3 is 6.18 Å². The van der Waals surface area contributed by atoms with Crippen molar-refractivity contribution < 1.29 is 17.9 Å². The first-order valence-electron chi connectivity index (χ1n) is 3.43. The first kappa shape index (κ1) is 8.80. The molecule has 0 radical (unpaired) electrons. The fourth-order valence-electron chi connectivity index (χ4n) is 0.987. The van der Waals surface area contributed by atoms with E-state index in [4.69, 9.17) is 0 Å². The van der Waals surface area contributed by atoms with Gasteiger partial charge in [0.2, 0.25) is 0 Å². The van der Waals surface area contributed by atoms with E-state index in [1.165, 1.54) is 0 Å². The summed E-state index contributed by atoms with van der Waals surface area (Å²) in [5.41, 5.74) is 0. The Hall–Kier alpha value is -0.290. The summed E-state index contributed by atoms with van der Waals surface area (Å²) in [7, 11) is 0. The van der Waals surface area contributed by atoms with E-state index in [1.54, 1.807) is 6.92 Å². The average Bonchev–Trinajstić information content (AvgIpc) is 1.86. The molecule has 1 aliphatic heterocycles. The van der Waals surface area contributed by atoms with E-state index >= 15 is 0 Å². The molecule has 1 rings (SSSR count). The van der Waals surface area contributed by atoms with E-state index in [0.29, 0.717) is 6.54 Å². The van der Waals surface area contributed by atoms with Gasteiger partial charge in [-0.3, -0.25) is 0 Å². The quantitative estimate of drug-likeness (QED) is 0.582. The molecule has 0 bridgehead atoms. The third kappa shape index (κ3) is 2.34. The molecule has 0 unspecified atom stereocenters. The van der Waals surface area contributed by atoms with Crippen molar-refractivity contribution in [3.05, 3.63) is 0 Å². The minimum Gasteiger partial charge on any atom is -0.363 e. The number of nitrogens with one attached hydrogen (secondary N) is 1. The summed E-state index contributed by atoms with van der Waals surface area (Å²) in [4.78, 5) is 0. The standard InChI is InChI=1S/C6H10F3NO/c1-4-2-10-3-5(11-4)6(7,8)9/h4-5,10H,2-3H2,1H3/t4-,5+/m0/s1. The fraction of sp³-hybridized carbons (Fsp3) is 1.00. The van der Waals surface area contributed by atoms with E-state index in [2.05, 4.69) is 10.1 Å². The first-order chi connectivity index (χ1) is 5.00. The molecule has 66 valence electrons. The Bertz CT molecular complexity index is 136. The SMILES string of the molecule is C[C@H]1CNC[C@H](C(F)(F)F)O1. The molecule has 2 atom stereocenters. The van der Waals surface area contributed by atoms with Crippen LogP contribution in [0.2, 0.25) is 0 Å². The minimum atomic E-state index is -4.23. The molecule has 0 aromatic rings. The van der Waals surface area contributed by atoms with Gasteiger partial charge in [0.15, 0.2) is 6.10 Å². The number of hydrogen-bond donors (Lipinski definition) is 1. The summed E-state index contributed by atoms with van der Waals surface area (Å²) >= 11 is 0. The Morgan fingerprint density at radius 1 is 1.36 bits per heavy atom. The first-order valence-corrected chi connectivity index (χ1v) is 3.43. The van der Waals surface area contributed by atoms with Crippen LogP contribution in [0.3, 0.4) is 0 Å². The molecule has 5 heteroatoms. The number of morpholine rings is 1. The lowest BCUT2D eigenvalue weighted by atomic mass is 10.2. The summed E-state index contributed by atoms with van der Waals surface area (Å²) in [6.45, 7) is 1.98. The molecule has 0 spiro atoms. The van der Waals surface area contributed by atoms with Gasteiger partial charge in [-0.1, -0.05) is 0 Å². The molecule has 1 fully saturated rings. The molecule has 1 aliphatic rings. The van der Waals surface area contributed by atoms with E-state index in [1.807, 2.05) is 0 Å². The maximum atomic E-state index is 11.9. The Balaban J connectivity index is 2.46. The highest BCUT2D eigenvalue weighted by atomic mass is 19.4. The Morgan fingerprint density at radius 3 is 2.36 bits per heavy atom. The normalized spacial score (nSPS) is 33.8. The highest BCUT2D eigenvalue weighted by Crippen LogP contribution is 2.24. The van der Waals surface area contributed by atoms with Gasteiger partial charge in [-0.2, -0.15) is 13.2 Å². The van der Waals surface area contributed by atoms with E-state index in [-0.39, 0.29) is 12.6 Å². The molecule has 0 aromatic carbocycles. The lowest BCUT2D eigenvalue weighted by molar-refractivity contribution is -0.237. The van der Waals surface area contributed by atoms with Crippen molar-refractivity contribution in [2.45, 2.75) is 25.3 Å². The van der Waals surface area contributed by atoms with Crippen LogP contribution in [0.5, 0.6) is 0 Å². The fourth-order valence-corrected chi connectivity index (χ4v) is 0.987. The maximum Gasteiger partial charge on any atom is 0.415 e. The summed E-state index contributed by atoms with van der Waals surface area (Å²) in [6, 6.07) is 0. The lowest BCUT2D eigenvalue weighted by Gasteiger charge is -2.29. The number of rotatable bonds is 0.